The molecule has 2 rings (SSSR count). The summed E-state index contributed by atoms with van der Waals surface area (Å²) in [5.74, 6) is -0.344. The predicted molar refractivity (Wildman–Crippen MR) is 65.3 cm³/mol. The van der Waals surface area contributed by atoms with Crippen LogP contribution in [0.1, 0.15) is 5.56 Å². The molecule has 0 atom stereocenters. The Bertz CT molecular complexity index is 509. The Kier molecular flexibility index (Phi) is 2.77. The van der Waals surface area contributed by atoms with Crippen LogP contribution >= 0.6 is 0 Å². The number of nitrogens with one attached hydrogen (secondary N) is 1. The van der Waals surface area contributed by atoms with E-state index in [0.29, 0.717) is 11.4 Å². The van der Waals surface area contributed by atoms with Crippen LogP contribution in [0, 0.1) is 12.7 Å². The smallest absolute Gasteiger partial charge is 0.148 e. The maximum atomic E-state index is 13.5. The van der Waals surface area contributed by atoms with Crippen LogP contribution in [0.4, 0.5) is 21.5 Å². The highest BCUT2D eigenvalue weighted by Crippen LogP contribution is 2.23. The Balaban J connectivity index is 2.31. The monoisotopic (exact) mass is 216 g/mol. The van der Waals surface area contributed by atoms with Crippen molar-refractivity contribution in [1.82, 2.24) is 0 Å². The number of aryl methyl sites for hydroxylation is 1. The topological polar surface area (TPSA) is 38.0 Å². The Labute approximate surface area is 93.9 Å². The molecule has 0 saturated heterocycles. The first-order valence-electron chi connectivity index (χ1n) is 5.04. The van der Waals surface area contributed by atoms with E-state index in [9.17, 15) is 4.39 Å². The summed E-state index contributed by atoms with van der Waals surface area (Å²) in [4.78, 5) is 0. The van der Waals surface area contributed by atoms with Crippen molar-refractivity contribution in [3.05, 3.63) is 53.8 Å². The maximum Gasteiger partial charge on any atom is 0.148 e. The molecular weight excluding hydrogens is 203 g/mol. The number of nitrogen functional groups attached to an aromatic ring is 1. The molecule has 0 aromatic heterocycles. The van der Waals surface area contributed by atoms with Crippen molar-refractivity contribution in [1.29, 1.82) is 0 Å². The minimum atomic E-state index is -0.344. The van der Waals surface area contributed by atoms with Gasteiger partial charge in [0.25, 0.3) is 0 Å². The van der Waals surface area contributed by atoms with E-state index in [4.69, 9.17) is 5.73 Å². The molecule has 0 bridgehead atoms. The molecule has 16 heavy (non-hydrogen) atoms. The van der Waals surface area contributed by atoms with Gasteiger partial charge in [0.15, 0.2) is 0 Å². The number of halogens is 1. The third kappa shape index (κ3) is 2.14. The van der Waals surface area contributed by atoms with Gasteiger partial charge in [-0.05, 0) is 36.8 Å². The molecule has 2 nitrogen and oxygen atoms in total. The number of rotatable bonds is 2. The fourth-order valence-electron chi connectivity index (χ4n) is 1.49. The Hall–Kier alpha value is -2.03. The standard InChI is InChI=1S/C13H13FN2/c1-9-4-2-3-5-12(9)16-13-7-6-10(15)8-11(13)14/h2-8,16H,15H2,1H3. The van der Waals surface area contributed by atoms with E-state index < -0.39 is 0 Å². The first-order valence-corrected chi connectivity index (χ1v) is 5.04. The van der Waals surface area contributed by atoms with Gasteiger partial charge in [-0.1, -0.05) is 18.2 Å². The Morgan fingerprint density at radius 1 is 1.06 bits per heavy atom. The van der Waals surface area contributed by atoms with Crippen LogP contribution in [0.25, 0.3) is 0 Å². The summed E-state index contributed by atoms with van der Waals surface area (Å²) >= 11 is 0. The van der Waals surface area contributed by atoms with Crippen LogP contribution in [0.3, 0.4) is 0 Å². The summed E-state index contributed by atoms with van der Waals surface area (Å²) in [5.41, 5.74) is 8.30. The summed E-state index contributed by atoms with van der Waals surface area (Å²) in [6.45, 7) is 1.97. The maximum absolute atomic E-state index is 13.5. The molecular formula is C13H13FN2. The zero-order valence-corrected chi connectivity index (χ0v) is 9.00. The fourth-order valence-corrected chi connectivity index (χ4v) is 1.49. The molecule has 82 valence electrons. The van der Waals surface area contributed by atoms with E-state index in [1.165, 1.54) is 6.07 Å². The lowest BCUT2D eigenvalue weighted by molar-refractivity contribution is 0.632. The molecule has 0 aliphatic heterocycles. The van der Waals surface area contributed by atoms with E-state index in [-0.39, 0.29) is 5.82 Å². The highest BCUT2D eigenvalue weighted by molar-refractivity contribution is 5.65. The molecule has 0 spiro atoms. The fraction of sp³-hybridized carbons (Fsp3) is 0.0769. The lowest BCUT2D eigenvalue weighted by Gasteiger charge is -2.10. The van der Waals surface area contributed by atoms with Gasteiger partial charge >= 0.3 is 0 Å². The van der Waals surface area contributed by atoms with Gasteiger partial charge in [-0.3, -0.25) is 0 Å². The van der Waals surface area contributed by atoms with Crippen LogP contribution in [-0.4, -0.2) is 0 Å². The molecule has 3 heteroatoms. The second-order valence-electron chi connectivity index (χ2n) is 3.68. The van der Waals surface area contributed by atoms with E-state index in [1.54, 1.807) is 12.1 Å². The van der Waals surface area contributed by atoms with Crippen molar-refractivity contribution in [3.63, 3.8) is 0 Å². The van der Waals surface area contributed by atoms with Crippen molar-refractivity contribution in [3.8, 4) is 0 Å². The highest BCUT2D eigenvalue weighted by Gasteiger charge is 2.03. The molecule has 0 aliphatic carbocycles. The summed E-state index contributed by atoms with van der Waals surface area (Å²) in [7, 11) is 0. The molecule has 0 radical (unpaired) electrons. The predicted octanol–water partition coefficient (Wildman–Crippen LogP) is 3.46. The number of benzene rings is 2. The van der Waals surface area contributed by atoms with Gasteiger partial charge in [-0.2, -0.15) is 0 Å². The van der Waals surface area contributed by atoms with E-state index in [1.807, 2.05) is 31.2 Å². The third-order valence-electron chi connectivity index (χ3n) is 2.41. The number of anilines is 3. The van der Waals surface area contributed by atoms with Gasteiger partial charge in [-0.15, -0.1) is 0 Å². The van der Waals surface area contributed by atoms with Crippen molar-refractivity contribution >= 4 is 17.1 Å². The van der Waals surface area contributed by atoms with Crippen LogP contribution in [0.2, 0.25) is 0 Å². The lowest BCUT2D eigenvalue weighted by Crippen LogP contribution is -1.96. The van der Waals surface area contributed by atoms with Crippen molar-refractivity contribution in [2.75, 3.05) is 11.1 Å². The third-order valence-corrected chi connectivity index (χ3v) is 2.41. The number of nitrogens with two attached hydrogens (primary N) is 1. The zero-order valence-electron chi connectivity index (χ0n) is 9.00. The second-order valence-corrected chi connectivity index (χ2v) is 3.68. The molecule has 0 aliphatic rings. The van der Waals surface area contributed by atoms with Crippen LogP contribution < -0.4 is 11.1 Å². The van der Waals surface area contributed by atoms with Gasteiger partial charge in [0, 0.05) is 11.4 Å². The summed E-state index contributed by atoms with van der Waals surface area (Å²) in [5, 5.41) is 3.04. The number of hydrogen-bond acceptors (Lipinski definition) is 2. The van der Waals surface area contributed by atoms with Crippen LogP contribution in [0.5, 0.6) is 0 Å². The van der Waals surface area contributed by atoms with Crippen molar-refractivity contribution in [2.24, 2.45) is 0 Å². The minimum absolute atomic E-state index is 0.344. The molecule has 0 amide bonds. The molecule has 0 heterocycles. The van der Waals surface area contributed by atoms with Gasteiger partial charge in [0.1, 0.15) is 5.82 Å². The normalized spacial score (nSPS) is 10.1. The zero-order chi connectivity index (χ0) is 11.5. The Morgan fingerprint density at radius 2 is 1.81 bits per heavy atom. The molecule has 0 saturated carbocycles. The SMILES string of the molecule is Cc1ccccc1Nc1ccc(N)cc1F. The summed E-state index contributed by atoms with van der Waals surface area (Å²) in [6.07, 6.45) is 0. The largest absolute Gasteiger partial charge is 0.399 e. The Morgan fingerprint density at radius 3 is 2.50 bits per heavy atom. The van der Waals surface area contributed by atoms with Gasteiger partial charge < -0.3 is 11.1 Å². The first-order chi connectivity index (χ1) is 7.66. The second kappa shape index (κ2) is 4.23. The van der Waals surface area contributed by atoms with Gasteiger partial charge in [0.2, 0.25) is 0 Å². The molecule has 3 N–H and O–H groups in total. The molecule has 0 fully saturated rings. The van der Waals surface area contributed by atoms with E-state index >= 15 is 0 Å². The van der Waals surface area contributed by atoms with E-state index in [0.717, 1.165) is 11.3 Å². The molecule has 2 aromatic carbocycles. The van der Waals surface area contributed by atoms with E-state index in [2.05, 4.69) is 5.32 Å². The van der Waals surface area contributed by atoms with Crippen LogP contribution in [0.15, 0.2) is 42.5 Å². The van der Waals surface area contributed by atoms with Crippen molar-refractivity contribution in [2.45, 2.75) is 6.92 Å². The average Bonchev–Trinajstić information content (AvgIpc) is 2.25. The molecule has 0 unspecified atom stereocenters. The molecule has 2 aromatic rings. The van der Waals surface area contributed by atoms with Crippen LogP contribution in [-0.2, 0) is 0 Å². The first kappa shape index (κ1) is 10.5. The lowest BCUT2D eigenvalue weighted by atomic mass is 10.2. The number of hydrogen-bond donors (Lipinski definition) is 2. The quantitative estimate of drug-likeness (QED) is 0.754. The minimum Gasteiger partial charge on any atom is -0.399 e. The summed E-state index contributed by atoms with van der Waals surface area (Å²) in [6, 6.07) is 12.3. The number of para-hydroxylation sites is 1. The van der Waals surface area contributed by atoms with Gasteiger partial charge in [0.05, 0.1) is 5.69 Å². The van der Waals surface area contributed by atoms with Crippen molar-refractivity contribution < 1.29 is 4.39 Å². The average molecular weight is 216 g/mol. The highest BCUT2D eigenvalue weighted by atomic mass is 19.1. The summed E-state index contributed by atoms with van der Waals surface area (Å²) < 4.78 is 13.5. The van der Waals surface area contributed by atoms with Gasteiger partial charge in [-0.25, -0.2) is 4.39 Å².